The Labute approximate surface area is 143 Å². The van der Waals surface area contributed by atoms with E-state index in [9.17, 15) is 4.79 Å². The van der Waals surface area contributed by atoms with Gasteiger partial charge in [-0.15, -0.1) is 5.10 Å². The minimum atomic E-state index is -0.157. The first-order valence-corrected chi connectivity index (χ1v) is 8.38. The van der Waals surface area contributed by atoms with E-state index in [1.165, 1.54) is 18.9 Å². The molecule has 7 nitrogen and oxygen atoms in total. The van der Waals surface area contributed by atoms with Gasteiger partial charge < -0.3 is 10.1 Å². The van der Waals surface area contributed by atoms with Crippen LogP contribution in [0, 0.1) is 5.92 Å². The smallest absolute Gasteiger partial charge is 0.234 e. The number of rotatable bonds is 7. The quantitative estimate of drug-likeness (QED) is 0.769. The molecule has 0 unspecified atom stereocenters. The van der Waals surface area contributed by atoms with Crippen molar-refractivity contribution in [2.24, 2.45) is 5.92 Å². The summed E-state index contributed by atoms with van der Waals surface area (Å²) >= 11 is 7.32. The summed E-state index contributed by atoms with van der Waals surface area (Å²) in [6.07, 6.45) is 0. The predicted molar refractivity (Wildman–Crippen MR) is 90.0 cm³/mol. The number of carbonyl (C=O) groups excluding carboxylic acids is 1. The van der Waals surface area contributed by atoms with Crippen LogP contribution in [-0.4, -0.2) is 39.0 Å². The number of hydrogen-bond acceptors (Lipinski definition) is 6. The molecule has 124 valence electrons. The summed E-state index contributed by atoms with van der Waals surface area (Å²) in [5.41, 5.74) is 0.614. The number of ether oxygens (including phenoxy) is 1. The number of nitrogens with zero attached hydrogens (tertiary/aromatic N) is 4. The Balaban J connectivity index is 1.90. The van der Waals surface area contributed by atoms with Crippen molar-refractivity contribution in [2.45, 2.75) is 25.5 Å². The van der Waals surface area contributed by atoms with Gasteiger partial charge in [-0.2, -0.15) is 0 Å². The Morgan fingerprint density at radius 2 is 2.26 bits per heavy atom. The van der Waals surface area contributed by atoms with Crippen LogP contribution in [-0.2, 0) is 11.3 Å². The van der Waals surface area contributed by atoms with Gasteiger partial charge in [0.15, 0.2) is 0 Å². The highest BCUT2D eigenvalue weighted by molar-refractivity contribution is 7.99. The molecule has 23 heavy (non-hydrogen) atoms. The molecule has 0 aliphatic rings. The van der Waals surface area contributed by atoms with Gasteiger partial charge in [-0.1, -0.05) is 37.2 Å². The zero-order valence-corrected chi connectivity index (χ0v) is 14.7. The van der Waals surface area contributed by atoms with E-state index in [4.69, 9.17) is 16.3 Å². The number of halogens is 1. The van der Waals surface area contributed by atoms with Crippen LogP contribution in [0.5, 0.6) is 5.75 Å². The maximum atomic E-state index is 12.0. The molecule has 0 saturated carbocycles. The highest BCUT2D eigenvalue weighted by Crippen LogP contribution is 2.27. The molecule has 0 aliphatic carbocycles. The van der Waals surface area contributed by atoms with Gasteiger partial charge in [0.05, 0.1) is 17.9 Å². The molecular formula is C14H18ClN5O2S. The lowest BCUT2D eigenvalue weighted by atomic mass is 10.2. The summed E-state index contributed by atoms with van der Waals surface area (Å²) in [6, 6.07) is 5.08. The second-order valence-electron chi connectivity index (χ2n) is 5.22. The third kappa shape index (κ3) is 5.11. The highest BCUT2D eigenvalue weighted by Gasteiger charge is 2.12. The Morgan fingerprint density at radius 1 is 1.48 bits per heavy atom. The molecule has 9 heteroatoms. The fourth-order valence-electron chi connectivity index (χ4n) is 1.83. The number of benzene rings is 1. The molecule has 0 radical (unpaired) electrons. The molecule has 0 aliphatic heterocycles. The highest BCUT2D eigenvalue weighted by atomic mass is 35.5. The topological polar surface area (TPSA) is 81.9 Å². The zero-order valence-electron chi connectivity index (χ0n) is 13.1. The van der Waals surface area contributed by atoms with Crippen LogP contribution in [0.3, 0.4) is 0 Å². The number of methoxy groups -OCH3 is 1. The average molecular weight is 356 g/mol. The molecule has 1 N–H and O–H groups in total. The molecule has 2 rings (SSSR count). The average Bonchev–Trinajstić information content (AvgIpc) is 2.92. The normalized spacial score (nSPS) is 10.8. The van der Waals surface area contributed by atoms with E-state index in [1.54, 1.807) is 22.9 Å². The first-order chi connectivity index (χ1) is 11.0. The zero-order chi connectivity index (χ0) is 16.8. The molecule has 1 amide bonds. The number of tetrazole rings is 1. The van der Waals surface area contributed by atoms with E-state index in [0.29, 0.717) is 34.1 Å². The molecule has 2 aromatic rings. The number of thioether (sulfide) groups is 1. The Kier molecular flexibility index (Phi) is 6.23. The number of amides is 1. The predicted octanol–water partition coefficient (Wildman–Crippen LogP) is 2.72. The lowest BCUT2D eigenvalue weighted by Crippen LogP contribution is -2.15. The summed E-state index contributed by atoms with van der Waals surface area (Å²) in [5.74, 6) is 1.04. The van der Waals surface area contributed by atoms with Gasteiger partial charge in [0.1, 0.15) is 5.75 Å². The largest absolute Gasteiger partial charge is 0.495 e. The van der Waals surface area contributed by atoms with Crippen molar-refractivity contribution in [1.82, 2.24) is 20.2 Å². The minimum Gasteiger partial charge on any atom is -0.495 e. The molecule has 1 aromatic carbocycles. The Bertz CT molecular complexity index is 677. The van der Waals surface area contributed by atoms with Gasteiger partial charge in [-0.3, -0.25) is 4.79 Å². The molecule has 1 aromatic heterocycles. The third-order valence-electron chi connectivity index (χ3n) is 2.81. The maximum Gasteiger partial charge on any atom is 0.234 e. The fourth-order valence-corrected chi connectivity index (χ4v) is 2.78. The first-order valence-electron chi connectivity index (χ1n) is 7.02. The molecule has 0 bridgehead atoms. The molecule has 0 saturated heterocycles. The van der Waals surface area contributed by atoms with E-state index in [2.05, 4.69) is 34.7 Å². The SMILES string of the molecule is COc1ccc(NC(=O)CSc2nnnn2CC(C)C)cc1Cl. The van der Waals surface area contributed by atoms with Crippen LogP contribution in [0.25, 0.3) is 0 Å². The lowest BCUT2D eigenvalue weighted by molar-refractivity contribution is -0.113. The second kappa shape index (κ2) is 8.16. The Hall–Kier alpha value is -1.80. The monoisotopic (exact) mass is 355 g/mol. The number of hydrogen-bond donors (Lipinski definition) is 1. The van der Waals surface area contributed by atoms with E-state index < -0.39 is 0 Å². The van der Waals surface area contributed by atoms with Crippen molar-refractivity contribution < 1.29 is 9.53 Å². The van der Waals surface area contributed by atoms with Gasteiger partial charge in [0.2, 0.25) is 11.1 Å². The molecular weight excluding hydrogens is 338 g/mol. The summed E-state index contributed by atoms with van der Waals surface area (Å²) in [4.78, 5) is 12.0. The lowest BCUT2D eigenvalue weighted by Gasteiger charge is -2.08. The molecule has 0 fully saturated rings. The van der Waals surface area contributed by atoms with Crippen LogP contribution in [0.2, 0.25) is 5.02 Å². The number of carbonyl (C=O) groups is 1. The third-order valence-corrected chi connectivity index (χ3v) is 4.06. The number of anilines is 1. The summed E-state index contributed by atoms with van der Waals surface area (Å²) in [5, 5.41) is 15.3. The van der Waals surface area contributed by atoms with Crippen LogP contribution < -0.4 is 10.1 Å². The fraction of sp³-hybridized carbons (Fsp3) is 0.429. The van der Waals surface area contributed by atoms with E-state index in [0.717, 1.165) is 0 Å². The van der Waals surface area contributed by atoms with Crippen LogP contribution in [0.15, 0.2) is 23.4 Å². The van der Waals surface area contributed by atoms with Gasteiger partial charge >= 0.3 is 0 Å². The van der Waals surface area contributed by atoms with Crippen LogP contribution >= 0.6 is 23.4 Å². The molecule has 1 heterocycles. The van der Waals surface area contributed by atoms with Crippen molar-refractivity contribution in [3.05, 3.63) is 23.2 Å². The van der Waals surface area contributed by atoms with E-state index >= 15 is 0 Å². The van der Waals surface area contributed by atoms with Crippen molar-refractivity contribution in [1.29, 1.82) is 0 Å². The van der Waals surface area contributed by atoms with Gasteiger partial charge in [0, 0.05) is 12.2 Å². The van der Waals surface area contributed by atoms with Crippen molar-refractivity contribution in [2.75, 3.05) is 18.2 Å². The second-order valence-corrected chi connectivity index (χ2v) is 6.57. The summed E-state index contributed by atoms with van der Waals surface area (Å²) in [6.45, 7) is 4.87. The number of aromatic nitrogens is 4. The summed E-state index contributed by atoms with van der Waals surface area (Å²) in [7, 11) is 1.54. The minimum absolute atomic E-state index is 0.157. The summed E-state index contributed by atoms with van der Waals surface area (Å²) < 4.78 is 6.77. The van der Waals surface area contributed by atoms with Crippen LogP contribution in [0.1, 0.15) is 13.8 Å². The first kappa shape index (κ1) is 17.6. The van der Waals surface area contributed by atoms with Crippen molar-refractivity contribution in [3.8, 4) is 5.75 Å². The number of nitrogens with one attached hydrogen (secondary N) is 1. The van der Waals surface area contributed by atoms with Gasteiger partial charge in [-0.25, -0.2) is 4.68 Å². The van der Waals surface area contributed by atoms with Crippen molar-refractivity contribution in [3.63, 3.8) is 0 Å². The van der Waals surface area contributed by atoms with Gasteiger partial charge in [0.25, 0.3) is 0 Å². The van der Waals surface area contributed by atoms with E-state index in [1.807, 2.05) is 0 Å². The standard InChI is InChI=1S/C14H18ClN5O2S/c1-9(2)7-20-14(17-18-19-20)23-8-13(21)16-10-4-5-12(22-3)11(15)6-10/h4-6,9H,7-8H2,1-3H3,(H,16,21). The maximum absolute atomic E-state index is 12.0. The van der Waals surface area contributed by atoms with Crippen molar-refractivity contribution >= 4 is 35.0 Å². The molecule has 0 spiro atoms. The van der Waals surface area contributed by atoms with Crippen LogP contribution in [0.4, 0.5) is 5.69 Å². The van der Waals surface area contributed by atoms with E-state index in [-0.39, 0.29) is 11.7 Å². The molecule has 0 atom stereocenters. The Morgan fingerprint density at radius 3 is 2.91 bits per heavy atom. The van der Waals surface area contributed by atoms with Gasteiger partial charge in [-0.05, 0) is 34.5 Å².